The van der Waals surface area contributed by atoms with Gasteiger partial charge in [-0.3, -0.25) is 9.88 Å². The third kappa shape index (κ3) is 2.99. The largest absolute Gasteiger partial charge is 0.497 e. The Hall–Kier alpha value is -1.65. The van der Waals surface area contributed by atoms with Crippen LogP contribution < -0.4 is 4.74 Å². The van der Waals surface area contributed by atoms with E-state index >= 15 is 0 Å². The first kappa shape index (κ1) is 17.7. The molecule has 0 spiro atoms. The van der Waals surface area contributed by atoms with E-state index in [4.69, 9.17) is 4.74 Å². The highest BCUT2D eigenvalue weighted by molar-refractivity contribution is 5.83. The van der Waals surface area contributed by atoms with Gasteiger partial charge in [0, 0.05) is 24.2 Å². The average Bonchev–Trinajstić information content (AvgIpc) is 2.66. The topological polar surface area (TPSA) is 45.6 Å². The number of pyridine rings is 1. The summed E-state index contributed by atoms with van der Waals surface area (Å²) in [6.45, 7) is 9.27. The van der Waals surface area contributed by atoms with Gasteiger partial charge >= 0.3 is 0 Å². The maximum atomic E-state index is 11.3. The SMILES string of the molecule is COc1ccc2nccc([C@H](O)C3CC4CCN3CC4C(C)(C)C)c2c1. The molecule has 4 nitrogen and oxygen atoms in total. The summed E-state index contributed by atoms with van der Waals surface area (Å²) >= 11 is 0. The molecule has 0 aliphatic carbocycles. The third-order valence-electron chi connectivity index (χ3n) is 6.58. The molecule has 26 heavy (non-hydrogen) atoms. The van der Waals surface area contributed by atoms with Crippen LogP contribution >= 0.6 is 0 Å². The summed E-state index contributed by atoms with van der Waals surface area (Å²) in [5, 5.41) is 12.3. The zero-order valence-corrected chi connectivity index (χ0v) is 16.3. The maximum absolute atomic E-state index is 11.3. The van der Waals surface area contributed by atoms with Crippen molar-refractivity contribution in [2.45, 2.75) is 45.8 Å². The minimum atomic E-state index is -0.490. The van der Waals surface area contributed by atoms with Gasteiger partial charge in [0.15, 0.2) is 0 Å². The van der Waals surface area contributed by atoms with Crippen molar-refractivity contribution in [1.29, 1.82) is 0 Å². The number of aliphatic hydroxyl groups is 1. The van der Waals surface area contributed by atoms with Crippen LogP contribution in [0.3, 0.4) is 0 Å². The molecule has 0 amide bonds. The summed E-state index contributed by atoms with van der Waals surface area (Å²) < 4.78 is 5.38. The van der Waals surface area contributed by atoms with Gasteiger partial charge in [0.2, 0.25) is 0 Å². The second-order valence-corrected chi connectivity index (χ2v) is 9.05. The number of ether oxygens (including phenoxy) is 1. The molecule has 3 aliphatic rings. The summed E-state index contributed by atoms with van der Waals surface area (Å²) in [4.78, 5) is 6.98. The van der Waals surface area contributed by atoms with Crippen LogP contribution in [-0.2, 0) is 0 Å². The molecule has 0 radical (unpaired) electrons. The molecule has 2 bridgehead atoms. The van der Waals surface area contributed by atoms with Crippen LogP contribution in [0.15, 0.2) is 30.5 Å². The van der Waals surface area contributed by atoms with Crippen molar-refractivity contribution in [3.63, 3.8) is 0 Å². The Bertz CT molecular complexity index is 798. The molecule has 0 saturated carbocycles. The fourth-order valence-corrected chi connectivity index (χ4v) is 5.12. The van der Waals surface area contributed by atoms with Gasteiger partial charge in [-0.05, 0) is 66.5 Å². The fourth-order valence-electron chi connectivity index (χ4n) is 5.12. The minimum Gasteiger partial charge on any atom is -0.497 e. The van der Waals surface area contributed by atoms with Crippen LogP contribution in [0, 0.1) is 17.3 Å². The van der Waals surface area contributed by atoms with Crippen molar-refractivity contribution < 1.29 is 9.84 Å². The van der Waals surface area contributed by atoms with E-state index in [1.165, 1.54) is 6.42 Å². The van der Waals surface area contributed by atoms with E-state index in [-0.39, 0.29) is 6.04 Å². The summed E-state index contributed by atoms with van der Waals surface area (Å²) in [7, 11) is 1.67. The number of benzene rings is 1. The van der Waals surface area contributed by atoms with Crippen LogP contribution in [0.4, 0.5) is 0 Å². The first-order valence-electron chi connectivity index (χ1n) is 9.73. The molecule has 1 N–H and O–H groups in total. The van der Waals surface area contributed by atoms with E-state index in [1.54, 1.807) is 7.11 Å². The molecule has 140 valence electrons. The van der Waals surface area contributed by atoms with E-state index in [2.05, 4.69) is 30.7 Å². The predicted molar refractivity (Wildman–Crippen MR) is 104 cm³/mol. The van der Waals surface area contributed by atoms with Crippen molar-refractivity contribution >= 4 is 10.9 Å². The van der Waals surface area contributed by atoms with Crippen molar-refractivity contribution in [3.8, 4) is 5.75 Å². The Morgan fingerprint density at radius 1 is 1.27 bits per heavy atom. The number of hydrogen-bond acceptors (Lipinski definition) is 4. The van der Waals surface area contributed by atoms with Crippen LogP contribution in [0.5, 0.6) is 5.75 Å². The van der Waals surface area contributed by atoms with Crippen LogP contribution in [-0.4, -0.2) is 41.2 Å². The first-order chi connectivity index (χ1) is 12.4. The molecule has 4 heterocycles. The predicted octanol–water partition coefficient (Wildman–Crippen LogP) is 4.03. The second kappa shape index (κ2) is 6.50. The highest BCUT2D eigenvalue weighted by Gasteiger charge is 2.46. The molecule has 2 aromatic rings. The quantitative estimate of drug-likeness (QED) is 0.904. The molecule has 5 rings (SSSR count). The zero-order chi connectivity index (χ0) is 18.5. The lowest BCUT2D eigenvalue weighted by Gasteiger charge is -2.54. The van der Waals surface area contributed by atoms with E-state index in [1.807, 2.05) is 30.5 Å². The number of methoxy groups -OCH3 is 1. The normalized spacial score (nSPS) is 29.7. The standard InChI is InChI=1S/C22H30N2O2/c1-22(2,3)18-13-24-10-8-14(18)11-20(24)21(25)16-7-9-23-19-6-5-15(26-4)12-17(16)19/h5-7,9,12,14,18,20-21,25H,8,10-11,13H2,1-4H3/t14?,18?,20?,21-/m0/s1. The Kier molecular flexibility index (Phi) is 4.44. The summed E-state index contributed by atoms with van der Waals surface area (Å²) in [6.07, 6.45) is 3.66. The number of rotatable bonds is 3. The number of aliphatic hydroxyl groups excluding tert-OH is 1. The fraction of sp³-hybridized carbons (Fsp3) is 0.591. The molecule has 3 aliphatic heterocycles. The highest BCUT2D eigenvalue weighted by Crippen LogP contribution is 2.47. The van der Waals surface area contributed by atoms with Gasteiger partial charge in [-0.15, -0.1) is 0 Å². The molecule has 5 atom stereocenters. The summed E-state index contributed by atoms with van der Waals surface area (Å²) in [5.41, 5.74) is 2.21. The number of aromatic nitrogens is 1. The van der Waals surface area contributed by atoms with Gasteiger partial charge in [-0.2, -0.15) is 0 Å². The third-order valence-corrected chi connectivity index (χ3v) is 6.58. The average molecular weight is 354 g/mol. The Morgan fingerprint density at radius 2 is 2.08 bits per heavy atom. The zero-order valence-electron chi connectivity index (χ0n) is 16.3. The van der Waals surface area contributed by atoms with Crippen molar-refractivity contribution in [3.05, 3.63) is 36.0 Å². The van der Waals surface area contributed by atoms with Crippen LogP contribution in [0.1, 0.15) is 45.3 Å². The van der Waals surface area contributed by atoms with E-state index in [0.29, 0.717) is 17.3 Å². The number of hydrogen-bond donors (Lipinski definition) is 1. The van der Waals surface area contributed by atoms with Gasteiger partial charge in [0.05, 0.1) is 18.7 Å². The smallest absolute Gasteiger partial charge is 0.119 e. The second-order valence-electron chi connectivity index (χ2n) is 9.05. The summed E-state index contributed by atoms with van der Waals surface area (Å²) in [5.74, 6) is 2.23. The van der Waals surface area contributed by atoms with E-state index in [0.717, 1.165) is 41.7 Å². The Morgan fingerprint density at radius 3 is 2.73 bits per heavy atom. The lowest BCUT2D eigenvalue weighted by molar-refractivity contribution is -0.0826. The van der Waals surface area contributed by atoms with Gasteiger partial charge in [-0.1, -0.05) is 20.8 Å². The van der Waals surface area contributed by atoms with Gasteiger partial charge in [0.25, 0.3) is 0 Å². The monoisotopic (exact) mass is 354 g/mol. The van der Waals surface area contributed by atoms with Crippen molar-refractivity contribution in [2.75, 3.05) is 20.2 Å². The summed E-state index contributed by atoms with van der Waals surface area (Å²) in [6, 6.07) is 8.05. The van der Waals surface area contributed by atoms with Crippen molar-refractivity contribution in [1.82, 2.24) is 9.88 Å². The molecule has 3 saturated heterocycles. The number of nitrogens with zero attached hydrogens (tertiary/aromatic N) is 2. The van der Waals surface area contributed by atoms with Crippen LogP contribution in [0.25, 0.3) is 10.9 Å². The maximum Gasteiger partial charge on any atom is 0.119 e. The van der Waals surface area contributed by atoms with Crippen molar-refractivity contribution in [2.24, 2.45) is 17.3 Å². The van der Waals surface area contributed by atoms with Gasteiger partial charge in [0.1, 0.15) is 5.75 Å². The Labute approximate surface area is 156 Å². The number of fused-ring (bicyclic) bond motifs is 4. The lowest BCUT2D eigenvalue weighted by Crippen LogP contribution is -2.57. The number of piperidine rings is 3. The highest BCUT2D eigenvalue weighted by atomic mass is 16.5. The minimum absolute atomic E-state index is 0.198. The lowest BCUT2D eigenvalue weighted by atomic mass is 9.64. The molecular weight excluding hydrogens is 324 g/mol. The first-order valence-corrected chi connectivity index (χ1v) is 9.73. The van der Waals surface area contributed by atoms with Crippen LogP contribution in [0.2, 0.25) is 0 Å². The molecule has 4 unspecified atom stereocenters. The molecule has 1 aromatic carbocycles. The Balaban J connectivity index is 1.65. The molecule has 1 aromatic heterocycles. The molecule has 3 fully saturated rings. The molecular formula is C22H30N2O2. The van der Waals surface area contributed by atoms with Gasteiger partial charge in [-0.25, -0.2) is 0 Å². The molecule has 4 heteroatoms. The van der Waals surface area contributed by atoms with E-state index in [9.17, 15) is 5.11 Å². The van der Waals surface area contributed by atoms with Gasteiger partial charge < -0.3 is 9.84 Å². The van der Waals surface area contributed by atoms with E-state index < -0.39 is 6.10 Å².